The summed E-state index contributed by atoms with van der Waals surface area (Å²) in [6, 6.07) is 6.74. The molecule has 0 radical (unpaired) electrons. The molecule has 0 bridgehead atoms. The zero-order valence-electron chi connectivity index (χ0n) is 8.94. The average Bonchev–Trinajstić information content (AvgIpc) is 2.43. The van der Waals surface area contributed by atoms with Crippen molar-refractivity contribution in [2.75, 3.05) is 0 Å². The smallest absolute Gasteiger partial charge is 0.550 e. The minimum Gasteiger partial charge on any atom is -0.550 e. The van der Waals surface area contributed by atoms with Crippen LogP contribution in [0.25, 0.3) is 0 Å². The molecule has 2 rings (SSSR count). The first-order valence-electron chi connectivity index (χ1n) is 4.14. The first kappa shape index (κ1) is 14.8. The Kier molecular flexibility index (Phi) is 5.95. The number of amides is 2. The van der Waals surface area contributed by atoms with Gasteiger partial charge in [0.15, 0.2) is 0 Å². The number of carbonyl (C=O) groups is 3. The van der Waals surface area contributed by atoms with Gasteiger partial charge in [-0.2, -0.15) is 0 Å². The number of nitrogens with one attached hydrogen (secondary N) is 1. The molecule has 6 heteroatoms. The summed E-state index contributed by atoms with van der Waals surface area (Å²) in [5, 5.41) is 11.1. The molecule has 2 amide bonds. The molecule has 0 atom stereocenters. The van der Waals surface area contributed by atoms with E-state index in [0.29, 0.717) is 11.1 Å². The van der Waals surface area contributed by atoms with Crippen LogP contribution in [-0.4, -0.2) is 17.8 Å². The van der Waals surface area contributed by atoms with Crippen molar-refractivity contribution in [3.05, 3.63) is 35.4 Å². The molecule has 0 unspecified atom stereocenters. The average molecular weight is 229 g/mol. The molecule has 78 valence electrons. The summed E-state index contributed by atoms with van der Waals surface area (Å²) in [6.07, 6.45) is 0. The zero-order valence-corrected chi connectivity index (χ0v) is 10.9. The van der Waals surface area contributed by atoms with Crippen LogP contribution in [0.3, 0.4) is 0 Å². The van der Waals surface area contributed by atoms with Crippen LogP contribution in [0, 0.1) is 0 Å². The van der Waals surface area contributed by atoms with Crippen molar-refractivity contribution in [3.8, 4) is 0 Å². The number of carboxylic acid groups (broad SMARTS) is 1. The topological polar surface area (TPSA) is 86.3 Å². The van der Waals surface area contributed by atoms with Gasteiger partial charge < -0.3 is 9.90 Å². The van der Waals surface area contributed by atoms with Crippen LogP contribution >= 0.6 is 0 Å². The van der Waals surface area contributed by atoms with E-state index in [9.17, 15) is 9.59 Å². The van der Waals surface area contributed by atoms with Crippen molar-refractivity contribution in [3.63, 3.8) is 0 Å². The molecule has 16 heavy (non-hydrogen) atoms. The van der Waals surface area contributed by atoms with Crippen LogP contribution in [0.4, 0.5) is 0 Å². The summed E-state index contributed by atoms with van der Waals surface area (Å²) >= 11 is 0. The van der Waals surface area contributed by atoms with E-state index in [0.717, 1.165) is 6.92 Å². The van der Waals surface area contributed by atoms with E-state index in [2.05, 4.69) is 5.32 Å². The minimum atomic E-state index is -1.08. The van der Waals surface area contributed by atoms with Crippen molar-refractivity contribution in [1.29, 1.82) is 0 Å². The molecule has 0 aliphatic carbocycles. The van der Waals surface area contributed by atoms with Gasteiger partial charge in [0.2, 0.25) is 0 Å². The molecule has 1 aliphatic rings. The van der Waals surface area contributed by atoms with Crippen molar-refractivity contribution < 1.29 is 49.0 Å². The maximum absolute atomic E-state index is 10.9. The Morgan fingerprint density at radius 1 is 1.12 bits per heavy atom. The molecule has 0 fully saturated rings. The van der Waals surface area contributed by atoms with E-state index < -0.39 is 5.97 Å². The number of imide groups is 1. The number of carboxylic acids is 1. The summed E-state index contributed by atoms with van der Waals surface area (Å²) in [4.78, 5) is 30.8. The Hall–Kier alpha value is -1.17. The molecule has 1 aliphatic heterocycles. The first-order chi connectivity index (χ1) is 7.02. The molecular formula is C10H8NNaO4. The van der Waals surface area contributed by atoms with Gasteiger partial charge in [-0.3, -0.25) is 14.9 Å². The Morgan fingerprint density at radius 2 is 1.44 bits per heavy atom. The van der Waals surface area contributed by atoms with Gasteiger partial charge in [0.05, 0.1) is 11.1 Å². The SMILES string of the molecule is CC(=O)[O-].O=C1NC(=O)c2ccccc21.[Na+]. The second-order valence-electron chi connectivity index (χ2n) is 2.82. The Labute approximate surface area is 114 Å². The number of hydrogen-bond donors (Lipinski definition) is 1. The van der Waals surface area contributed by atoms with Gasteiger partial charge in [-0.15, -0.1) is 0 Å². The predicted octanol–water partition coefficient (Wildman–Crippen LogP) is -3.67. The summed E-state index contributed by atoms with van der Waals surface area (Å²) in [5.41, 5.74) is 0.940. The third-order valence-electron chi connectivity index (χ3n) is 1.64. The fourth-order valence-electron chi connectivity index (χ4n) is 1.12. The van der Waals surface area contributed by atoms with E-state index in [1.165, 1.54) is 0 Å². The normalized spacial score (nSPS) is 11.6. The zero-order chi connectivity index (χ0) is 11.4. The van der Waals surface area contributed by atoms with Crippen molar-refractivity contribution in [1.82, 2.24) is 5.32 Å². The Balaban J connectivity index is 0.000000397. The Morgan fingerprint density at radius 3 is 1.75 bits per heavy atom. The van der Waals surface area contributed by atoms with Gasteiger partial charge >= 0.3 is 29.6 Å². The number of hydrogen-bond acceptors (Lipinski definition) is 4. The van der Waals surface area contributed by atoms with Crippen LogP contribution in [0.2, 0.25) is 0 Å². The van der Waals surface area contributed by atoms with Gasteiger partial charge in [0, 0.05) is 5.97 Å². The van der Waals surface area contributed by atoms with Crippen molar-refractivity contribution in [2.45, 2.75) is 6.92 Å². The van der Waals surface area contributed by atoms with Gasteiger partial charge in [-0.1, -0.05) is 12.1 Å². The summed E-state index contributed by atoms with van der Waals surface area (Å²) < 4.78 is 0. The predicted molar refractivity (Wildman–Crippen MR) is 48.9 cm³/mol. The maximum Gasteiger partial charge on any atom is 1.00 e. The molecule has 5 nitrogen and oxygen atoms in total. The number of aliphatic carboxylic acids is 1. The monoisotopic (exact) mass is 229 g/mol. The summed E-state index contributed by atoms with van der Waals surface area (Å²) in [5.74, 6) is -1.68. The summed E-state index contributed by atoms with van der Waals surface area (Å²) in [7, 11) is 0. The van der Waals surface area contributed by atoms with Crippen LogP contribution in [0.5, 0.6) is 0 Å². The second-order valence-corrected chi connectivity index (χ2v) is 2.82. The molecule has 0 saturated heterocycles. The van der Waals surface area contributed by atoms with Crippen molar-refractivity contribution in [2.24, 2.45) is 0 Å². The number of carbonyl (C=O) groups excluding carboxylic acids is 3. The van der Waals surface area contributed by atoms with Crippen molar-refractivity contribution >= 4 is 17.8 Å². The molecule has 1 N–H and O–H groups in total. The quantitative estimate of drug-likeness (QED) is 0.367. The van der Waals surface area contributed by atoms with Gasteiger partial charge in [0.25, 0.3) is 11.8 Å². The summed E-state index contributed by atoms with van der Waals surface area (Å²) in [6.45, 7) is 0.972. The third-order valence-corrected chi connectivity index (χ3v) is 1.64. The first-order valence-corrected chi connectivity index (χ1v) is 4.14. The van der Waals surface area contributed by atoms with Crippen LogP contribution < -0.4 is 40.0 Å². The molecule has 1 heterocycles. The maximum atomic E-state index is 10.9. The molecular weight excluding hydrogens is 221 g/mol. The third kappa shape index (κ3) is 3.77. The molecule has 0 spiro atoms. The van der Waals surface area contributed by atoms with E-state index in [1.807, 2.05) is 0 Å². The van der Waals surface area contributed by atoms with Gasteiger partial charge in [-0.05, 0) is 19.1 Å². The van der Waals surface area contributed by atoms with E-state index in [1.54, 1.807) is 24.3 Å². The number of benzene rings is 1. The largest absolute Gasteiger partial charge is 1.00 e. The fraction of sp³-hybridized carbons (Fsp3) is 0.100. The standard InChI is InChI=1S/C8H5NO2.C2H4O2.Na/c10-7-5-3-1-2-4-6(5)8(11)9-7;1-2(3)4;/h1-4H,(H,9,10,11);1H3,(H,3,4);/q;;+1/p-1. The number of rotatable bonds is 0. The van der Waals surface area contributed by atoms with Crippen LogP contribution in [-0.2, 0) is 4.79 Å². The fourth-order valence-corrected chi connectivity index (χ4v) is 1.12. The Bertz CT molecular complexity index is 394. The van der Waals surface area contributed by atoms with Gasteiger partial charge in [0.1, 0.15) is 0 Å². The number of fused-ring (bicyclic) bond motifs is 1. The van der Waals surface area contributed by atoms with E-state index >= 15 is 0 Å². The van der Waals surface area contributed by atoms with E-state index in [4.69, 9.17) is 9.90 Å². The van der Waals surface area contributed by atoms with Crippen LogP contribution in [0.1, 0.15) is 27.6 Å². The van der Waals surface area contributed by atoms with Gasteiger partial charge in [-0.25, -0.2) is 0 Å². The van der Waals surface area contributed by atoms with Crippen LogP contribution in [0.15, 0.2) is 24.3 Å². The minimum absolute atomic E-state index is 0. The molecule has 1 aromatic rings. The molecule has 1 aromatic carbocycles. The van der Waals surface area contributed by atoms with E-state index in [-0.39, 0.29) is 41.4 Å². The molecule has 0 saturated carbocycles. The second kappa shape index (κ2) is 6.42. The molecule has 0 aromatic heterocycles.